The molecule has 3 heterocycles. The molecule has 0 radical (unpaired) electrons. The van der Waals surface area contributed by atoms with Crippen LogP contribution in [0.5, 0.6) is 0 Å². The summed E-state index contributed by atoms with van der Waals surface area (Å²) in [6.45, 7) is 6.29. The van der Waals surface area contributed by atoms with Crippen LogP contribution in [0.3, 0.4) is 0 Å². The number of piperidine rings is 1. The van der Waals surface area contributed by atoms with Crippen molar-refractivity contribution in [2.24, 2.45) is 7.05 Å². The number of fused-ring (bicyclic) bond motifs is 1. The van der Waals surface area contributed by atoms with E-state index in [2.05, 4.69) is 47.4 Å². The molecule has 6 heteroatoms. The Balaban J connectivity index is 1.76. The van der Waals surface area contributed by atoms with Gasteiger partial charge >= 0.3 is 0 Å². The molecule has 0 bridgehead atoms. The van der Waals surface area contributed by atoms with Gasteiger partial charge in [-0.15, -0.1) is 0 Å². The summed E-state index contributed by atoms with van der Waals surface area (Å²) in [7, 11) is 1.93. The quantitative estimate of drug-likeness (QED) is 0.790. The van der Waals surface area contributed by atoms with Crippen LogP contribution in [0.25, 0.3) is 11.0 Å². The first-order valence-corrected chi connectivity index (χ1v) is 8.91. The van der Waals surface area contributed by atoms with Crippen molar-refractivity contribution < 1.29 is 0 Å². The summed E-state index contributed by atoms with van der Waals surface area (Å²) in [5.74, 6) is 1.61. The third-order valence-electron chi connectivity index (χ3n) is 4.99. The van der Waals surface area contributed by atoms with Crippen LogP contribution in [-0.2, 0) is 7.05 Å². The van der Waals surface area contributed by atoms with Crippen LogP contribution in [0.15, 0.2) is 24.4 Å². The predicted octanol–water partition coefficient (Wildman–Crippen LogP) is 3.71. The lowest BCUT2D eigenvalue weighted by atomic mass is 10.1. The van der Waals surface area contributed by atoms with Crippen molar-refractivity contribution in [1.82, 2.24) is 19.7 Å². The van der Waals surface area contributed by atoms with E-state index in [0.717, 1.165) is 41.6 Å². The van der Waals surface area contributed by atoms with Gasteiger partial charge in [0.1, 0.15) is 5.82 Å². The van der Waals surface area contributed by atoms with E-state index < -0.39 is 0 Å². The van der Waals surface area contributed by atoms with Gasteiger partial charge in [-0.25, -0.2) is 0 Å². The number of aryl methyl sites for hydroxylation is 3. The first-order valence-electron chi connectivity index (χ1n) is 8.91. The number of hydrogen-bond donors (Lipinski definition) is 1. The fraction of sp³-hybridized carbons (Fsp3) is 0.421. The molecular weight excluding hydrogens is 312 g/mol. The van der Waals surface area contributed by atoms with Crippen molar-refractivity contribution in [2.45, 2.75) is 33.1 Å². The van der Waals surface area contributed by atoms with Gasteiger partial charge in [0.25, 0.3) is 0 Å². The van der Waals surface area contributed by atoms with Crippen molar-refractivity contribution in [1.29, 1.82) is 0 Å². The largest absolute Gasteiger partial charge is 0.341 e. The van der Waals surface area contributed by atoms with Gasteiger partial charge in [0.15, 0.2) is 5.65 Å². The van der Waals surface area contributed by atoms with E-state index in [-0.39, 0.29) is 0 Å². The molecule has 2 aromatic heterocycles. The molecule has 25 heavy (non-hydrogen) atoms. The van der Waals surface area contributed by atoms with E-state index in [1.807, 2.05) is 17.9 Å². The summed E-state index contributed by atoms with van der Waals surface area (Å²) in [5.41, 5.74) is 4.45. The Morgan fingerprint density at radius 3 is 2.56 bits per heavy atom. The third-order valence-corrected chi connectivity index (χ3v) is 4.99. The van der Waals surface area contributed by atoms with E-state index in [4.69, 9.17) is 9.97 Å². The highest BCUT2D eigenvalue weighted by molar-refractivity contribution is 5.89. The molecule has 0 amide bonds. The number of benzene rings is 1. The summed E-state index contributed by atoms with van der Waals surface area (Å²) in [6.07, 6.45) is 5.52. The average molecular weight is 336 g/mol. The monoisotopic (exact) mass is 336 g/mol. The standard InChI is InChI=1S/C19H24N6/c1-13-7-8-15(11-14(13)2)21-17-16-12-20-24(3)18(16)23-19(22-17)25-9-5-4-6-10-25/h7-8,11-12H,4-6,9-10H2,1-3H3,(H,21,22,23). The van der Waals surface area contributed by atoms with E-state index >= 15 is 0 Å². The molecule has 0 saturated carbocycles. The number of aromatic nitrogens is 4. The fourth-order valence-corrected chi connectivity index (χ4v) is 3.30. The molecular formula is C19H24N6. The van der Waals surface area contributed by atoms with Crippen LogP contribution < -0.4 is 10.2 Å². The van der Waals surface area contributed by atoms with E-state index in [9.17, 15) is 0 Å². The molecule has 0 spiro atoms. The van der Waals surface area contributed by atoms with Gasteiger partial charge in [-0.3, -0.25) is 4.68 Å². The van der Waals surface area contributed by atoms with E-state index in [1.54, 1.807) is 0 Å². The molecule has 1 N–H and O–H groups in total. The van der Waals surface area contributed by atoms with Crippen molar-refractivity contribution >= 4 is 28.5 Å². The first kappa shape index (κ1) is 15.9. The molecule has 0 aliphatic carbocycles. The van der Waals surface area contributed by atoms with Crippen molar-refractivity contribution in [3.05, 3.63) is 35.5 Å². The summed E-state index contributed by atoms with van der Waals surface area (Å²) in [6, 6.07) is 6.37. The summed E-state index contributed by atoms with van der Waals surface area (Å²) >= 11 is 0. The first-order chi connectivity index (χ1) is 12.1. The maximum Gasteiger partial charge on any atom is 0.229 e. The second-order valence-electron chi connectivity index (χ2n) is 6.85. The van der Waals surface area contributed by atoms with Crippen molar-refractivity contribution in [3.63, 3.8) is 0 Å². The van der Waals surface area contributed by atoms with Crippen molar-refractivity contribution in [2.75, 3.05) is 23.3 Å². The predicted molar refractivity (Wildman–Crippen MR) is 102 cm³/mol. The third kappa shape index (κ3) is 3.04. The average Bonchev–Trinajstić information content (AvgIpc) is 3.00. The Bertz CT molecular complexity index is 908. The molecule has 3 aromatic rings. The minimum atomic E-state index is 0.794. The van der Waals surface area contributed by atoms with Crippen LogP contribution in [0.4, 0.5) is 17.5 Å². The van der Waals surface area contributed by atoms with Gasteiger partial charge in [-0.2, -0.15) is 15.1 Å². The smallest absolute Gasteiger partial charge is 0.229 e. The fourth-order valence-electron chi connectivity index (χ4n) is 3.30. The van der Waals surface area contributed by atoms with Crippen LogP contribution in [0.2, 0.25) is 0 Å². The molecule has 0 atom stereocenters. The zero-order valence-corrected chi connectivity index (χ0v) is 15.1. The van der Waals surface area contributed by atoms with Gasteiger partial charge in [-0.1, -0.05) is 6.07 Å². The highest BCUT2D eigenvalue weighted by Gasteiger charge is 2.18. The summed E-state index contributed by atoms with van der Waals surface area (Å²) < 4.78 is 1.82. The SMILES string of the molecule is Cc1ccc(Nc2nc(N3CCCCC3)nc3c2cnn3C)cc1C. The zero-order chi connectivity index (χ0) is 17.4. The maximum atomic E-state index is 4.84. The molecule has 6 nitrogen and oxygen atoms in total. The van der Waals surface area contributed by atoms with Crippen LogP contribution in [-0.4, -0.2) is 32.8 Å². The lowest BCUT2D eigenvalue weighted by Gasteiger charge is -2.27. The Labute approximate surface area is 147 Å². The van der Waals surface area contributed by atoms with Gasteiger partial charge in [-0.05, 0) is 56.4 Å². The number of nitrogens with zero attached hydrogens (tertiary/aromatic N) is 5. The Morgan fingerprint density at radius 1 is 1.00 bits per heavy atom. The number of anilines is 3. The van der Waals surface area contributed by atoms with Gasteiger partial charge in [0.05, 0.1) is 11.6 Å². The minimum absolute atomic E-state index is 0.794. The topological polar surface area (TPSA) is 58.9 Å². The summed E-state index contributed by atoms with van der Waals surface area (Å²) in [5, 5.41) is 8.79. The normalized spacial score (nSPS) is 14.9. The molecule has 0 unspecified atom stereocenters. The van der Waals surface area contributed by atoms with Crippen LogP contribution in [0, 0.1) is 13.8 Å². The van der Waals surface area contributed by atoms with Gasteiger partial charge in [0, 0.05) is 25.8 Å². The van der Waals surface area contributed by atoms with E-state index in [1.165, 1.54) is 30.4 Å². The van der Waals surface area contributed by atoms with Crippen molar-refractivity contribution in [3.8, 4) is 0 Å². The highest BCUT2D eigenvalue weighted by Crippen LogP contribution is 2.28. The minimum Gasteiger partial charge on any atom is -0.341 e. The number of nitrogens with one attached hydrogen (secondary N) is 1. The molecule has 1 fully saturated rings. The Hall–Kier alpha value is -2.63. The Kier molecular flexibility index (Phi) is 4.03. The van der Waals surface area contributed by atoms with Crippen LogP contribution >= 0.6 is 0 Å². The molecule has 4 rings (SSSR count). The maximum absolute atomic E-state index is 4.84. The molecule has 1 aromatic carbocycles. The van der Waals surface area contributed by atoms with Crippen LogP contribution in [0.1, 0.15) is 30.4 Å². The molecule has 1 aliphatic rings. The number of hydrogen-bond acceptors (Lipinski definition) is 5. The zero-order valence-electron chi connectivity index (χ0n) is 15.1. The van der Waals surface area contributed by atoms with Gasteiger partial charge < -0.3 is 10.2 Å². The molecule has 1 saturated heterocycles. The number of rotatable bonds is 3. The second-order valence-corrected chi connectivity index (χ2v) is 6.85. The highest BCUT2D eigenvalue weighted by atomic mass is 15.3. The van der Waals surface area contributed by atoms with E-state index in [0.29, 0.717) is 0 Å². The lowest BCUT2D eigenvalue weighted by molar-refractivity contribution is 0.568. The lowest BCUT2D eigenvalue weighted by Crippen LogP contribution is -2.31. The molecule has 130 valence electrons. The second kappa shape index (κ2) is 6.35. The summed E-state index contributed by atoms with van der Waals surface area (Å²) in [4.78, 5) is 11.9. The molecule has 1 aliphatic heterocycles. The van der Waals surface area contributed by atoms with Gasteiger partial charge in [0.2, 0.25) is 5.95 Å². The Morgan fingerprint density at radius 2 is 1.80 bits per heavy atom.